The number of nitrogens with one attached hydrogen (secondary N) is 1. The molecule has 4 rings (SSSR count). The Morgan fingerprint density at radius 3 is 2.82 bits per heavy atom. The summed E-state index contributed by atoms with van der Waals surface area (Å²) in [6, 6.07) is 7.74. The number of likely N-dealkylation sites (tertiary alicyclic amines) is 1. The molecule has 1 spiro atoms. The number of carbonyl (C=O) groups excluding carboxylic acids is 1. The number of para-hydroxylation sites is 2. The normalized spacial score (nSPS) is 20.3. The minimum Gasteiger partial charge on any atom is -0.482 e. The molecule has 2 aliphatic heterocycles. The van der Waals surface area contributed by atoms with Crippen molar-refractivity contribution in [1.82, 2.24) is 10.2 Å². The van der Waals surface area contributed by atoms with E-state index in [-0.39, 0.29) is 36.5 Å². The summed E-state index contributed by atoms with van der Waals surface area (Å²) in [6.45, 7) is 6.78. The molecule has 3 aliphatic rings. The number of benzene rings is 1. The van der Waals surface area contributed by atoms with Crippen molar-refractivity contribution in [2.45, 2.75) is 39.0 Å². The van der Waals surface area contributed by atoms with Crippen molar-refractivity contribution >= 4 is 41.5 Å². The van der Waals surface area contributed by atoms with Gasteiger partial charge in [-0.25, -0.2) is 0 Å². The van der Waals surface area contributed by atoms with Gasteiger partial charge in [-0.1, -0.05) is 18.6 Å². The van der Waals surface area contributed by atoms with Crippen LogP contribution in [-0.2, 0) is 4.79 Å². The lowest BCUT2D eigenvalue weighted by Gasteiger charge is -2.38. The van der Waals surface area contributed by atoms with Gasteiger partial charge in [-0.05, 0) is 50.2 Å². The second-order valence-corrected chi connectivity index (χ2v) is 7.92. The minimum absolute atomic E-state index is 0. The first-order valence-electron chi connectivity index (χ1n) is 10.3. The zero-order valence-electron chi connectivity index (χ0n) is 16.7. The molecule has 1 aliphatic carbocycles. The third-order valence-electron chi connectivity index (χ3n) is 6.10. The lowest BCUT2D eigenvalue weighted by atomic mass is 9.68. The minimum atomic E-state index is 0. The Balaban J connectivity index is 0.00000225. The molecule has 1 saturated carbocycles. The number of hydrogen-bond acceptors (Lipinski definition) is 3. The number of nitrogens with zero attached hydrogens (tertiary/aromatic N) is 3. The van der Waals surface area contributed by atoms with Crippen LogP contribution in [0.2, 0.25) is 0 Å². The molecule has 1 amide bonds. The monoisotopic (exact) mass is 498 g/mol. The third kappa shape index (κ3) is 4.39. The van der Waals surface area contributed by atoms with Crippen molar-refractivity contribution in [3.05, 3.63) is 24.3 Å². The number of anilines is 1. The van der Waals surface area contributed by atoms with Gasteiger partial charge in [-0.3, -0.25) is 9.79 Å². The Morgan fingerprint density at radius 1 is 1.29 bits per heavy atom. The smallest absolute Gasteiger partial charge is 0.265 e. The van der Waals surface area contributed by atoms with Gasteiger partial charge in [0.1, 0.15) is 5.75 Å². The molecule has 1 saturated heterocycles. The van der Waals surface area contributed by atoms with Crippen molar-refractivity contribution in [2.24, 2.45) is 10.4 Å². The molecule has 0 bridgehead atoms. The Morgan fingerprint density at radius 2 is 2.11 bits per heavy atom. The van der Waals surface area contributed by atoms with Gasteiger partial charge < -0.3 is 19.9 Å². The first kappa shape index (κ1) is 21.2. The first-order chi connectivity index (χ1) is 13.2. The summed E-state index contributed by atoms with van der Waals surface area (Å²) in [5.74, 6) is 1.85. The van der Waals surface area contributed by atoms with Gasteiger partial charge in [0.2, 0.25) is 0 Å². The van der Waals surface area contributed by atoms with Crippen LogP contribution < -0.4 is 15.0 Å². The van der Waals surface area contributed by atoms with E-state index in [1.54, 1.807) is 0 Å². The highest BCUT2D eigenvalue weighted by Gasteiger charge is 2.43. The van der Waals surface area contributed by atoms with Gasteiger partial charge >= 0.3 is 0 Å². The number of hydrogen-bond donors (Lipinski definition) is 1. The van der Waals surface area contributed by atoms with Crippen LogP contribution in [0.1, 0.15) is 39.0 Å². The number of amides is 1. The fraction of sp³-hybridized carbons (Fsp3) is 0.619. The van der Waals surface area contributed by atoms with E-state index in [1.807, 2.05) is 29.2 Å². The van der Waals surface area contributed by atoms with Crippen molar-refractivity contribution < 1.29 is 9.53 Å². The van der Waals surface area contributed by atoms with Gasteiger partial charge in [0, 0.05) is 32.7 Å². The van der Waals surface area contributed by atoms with Gasteiger partial charge in [0.25, 0.3) is 5.91 Å². The van der Waals surface area contributed by atoms with E-state index in [0.29, 0.717) is 12.0 Å². The summed E-state index contributed by atoms with van der Waals surface area (Å²) in [5, 5.41) is 3.45. The van der Waals surface area contributed by atoms with Crippen LogP contribution >= 0.6 is 24.0 Å². The predicted molar refractivity (Wildman–Crippen MR) is 123 cm³/mol. The maximum Gasteiger partial charge on any atom is 0.265 e. The molecule has 7 heteroatoms. The highest BCUT2D eigenvalue weighted by Crippen LogP contribution is 2.47. The molecule has 0 atom stereocenters. The van der Waals surface area contributed by atoms with E-state index in [0.717, 1.165) is 50.0 Å². The summed E-state index contributed by atoms with van der Waals surface area (Å²) in [7, 11) is 0. The van der Waals surface area contributed by atoms with Crippen LogP contribution in [0.5, 0.6) is 5.75 Å². The molecule has 0 aromatic heterocycles. The van der Waals surface area contributed by atoms with E-state index in [9.17, 15) is 4.79 Å². The van der Waals surface area contributed by atoms with Crippen molar-refractivity contribution in [2.75, 3.05) is 44.2 Å². The number of aliphatic imine (C=N–C) groups is 1. The van der Waals surface area contributed by atoms with E-state index < -0.39 is 0 Å². The Hall–Kier alpha value is -1.51. The summed E-state index contributed by atoms with van der Waals surface area (Å²) in [6.07, 6.45) is 6.28. The molecule has 28 heavy (non-hydrogen) atoms. The summed E-state index contributed by atoms with van der Waals surface area (Å²) in [4.78, 5) is 21.4. The zero-order valence-corrected chi connectivity index (χ0v) is 19.0. The average molecular weight is 498 g/mol. The molecule has 6 nitrogen and oxygen atoms in total. The first-order valence-corrected chi connectivity index (χ1v) is 10.3. The van der Waals surface area contributed by atoms with E-state index in [4.69, 9.17) is 9.73 Å². The van der Waals surface area contributed by atoms with Gasteiger partial charge in [0.15, 0.2) is 12.6 Å². The molecule has 1 aromatic carbocycles. The van der Waals surface area contributed by atoms with Crippen molar-refractivity contribution in [3.63, 3.8) is 0 Å². The molecule has 154 valence electrons. The van der Waals surface area contributed by atoms with Gasteiger partial charge in [-0.2, -0.15) is 0 Å². The highest BCUT2D eigenvalue weighted by molar-refractivity contribution is 14.0. The van der Waals surface area contributed by atoms with E-state index in [2.05, 4.69) is 17.1 Å². The maximum atomic E-state index is 12.3. The summed E-state index contributed by atoms with van der Waals surface area (Å²) in [5.41, 5.74) is 1.44. The standard InChI is InChI=1S/C21H30N4O2.HI/c1-2-22-20(24-14-11-21(16-24)9-5-10-21)23-12-6-13-25-17-7-3-4-8-18(17)27-15-19(25)26;/h3-4,7-8H,2,5-6,9-16H2,1H3,(H,22,23);1H. The maximum absolute atomic E-state index is 12.3. The fourth-order valence-corrected chi connectivity index (χ4v) is 4.44. The Kier molecular flexibility index (Phi) is 7.06. The Bertz CT molecular complexity index is 720. The second kappa shape index (κ2) is 9.33. The molecule has 1 aromatic rings. The Labute approximate surface area is 184 Å². The third-order valence-corrected chi connectivity index (χ3v) is 6.10. The summed E-state index contributed by atoms with van der Waals surface area (Å²) >= 11 is 0. The SMILES string of the molecule is CCNC(=NCCCN1C(=O)COc2ccccc21)N1CCC2(CCC2)C1.I. The van der Waals surface area contributed by atoms with Crippen LogP contribution in [0.25, 0.3) is 0 Å². The van der Waals surface area contributed by atoms with Gasteiger partial charge in [-0.15, -0.1) is 24.0 Å². The highest BCUT2D eigenvalue weighted by atomic mass is 127. The molecule has 2 heterocycles. The van der Waals surface area contributed by atoms with Crippen LogP contribution in [0.3, 0.4) is 0 Å². The van der Waals surface area contributed by atoms with Crippen LogP contribution in [0.15, 0.2) is 29.3 Å². The largest absolute Gasteiger partial charge is 0.482 e. The predicted octanol–water partition coefficient (Wildman–Crippen LogP) is 3.26. The molecule has 1 N–H and O–H groups in total. The van der Waals surface area contributed by atoms with Crippen molar-refractivity contribution in [3.8, 4) is 5.75 Å². The number of guanidine groups is 1. The number of halogens is 1. The molecule has 2 fully saturated rings. The lowest BCUT2D eigenvalue weighted by Crippen LogP contribution is -2.43. The average Bonchev–Trinajstić information content (AvgIpc) is 3.12. The topological polar surface area (TPSA) is 57.2 Å². The van der Waals surface area contributed by atoms with E-state index >= 15 is 0 Å². The number of carbonyl (C=O) groups is 1. The quantitative estimate of drug-likeness (QED) is 0.293. The molecular formula is C21H31IN4O2. The van der Waals surface area contributed by atoms with Crippen LogP contribution in [0, 0.1) is 5.41 Å². The molecule has 0 radical (unpaired) electrons. The van der Waals surface area contributed by atoms with Gasteiger partial charge in [0.05, 0.1) is 5.69 Å². The second-order valence-electron chi connectivity index (χ2n) is 7.92. The van der Waals surface area contributed by atoms with Crippen LogP contribution in [0.4, 0.5) is 5.69 Å². The lowest BCUT2D eigenvalue weighted by molar-refractivity contribution is -0.121. The number of fused-ring (bicyclic) bond motifs is 1. The zero-order chi connectivity index (χ0) is 18.7. The number of ether oxygens (including phenoxy) is 1. The molecule has 0 unspecified atom stereocenters. The van der Waals surface area contributed by atoms with Crippen LogP contribution in [-0.4, -0.2) is 56.1 Å². The summed E-state index contributed by atoms with van der Waals surface area (Å²) < 4.78 is 5.51. The fourth-order valence-electron chi connectivity index (χ4n) is 4.44. The van der Waals surface area contributed by atoms with Crippen molar-refractivity contribution in [1.29, 1.82) is 0 Å². The van der Waals surface area contributed by atoms with E-state index in [1.165, 1.54) is 25.7 Å². The molecular weight excluding hydrogens is 467 g/mol. The number of rotatable bonds is 5.